The Morgan fingerprint density at radius 3 is 1.95 bits per heavy atom. The molecule has 0 saturated heterocycles. The van der Waals surface area contributed by atoms with Gasteiger partial charge in [0.25, 0.3) is 5.60 Å². The van der Waals surface area contributed by atoms with E-state index in [0.29, 0.717) is 18.4 Å². The standard InChI is InChI=1S/C14H25BrO6/c1-5-18-11(4)21-14(9-8-10-15,12(16)19-6-2)13(17)20-7-3/h11H,5-10H2,1-4H3. The minimum Gasteiger partial charge on any atom is -0.463 e. The van der Waals surface area contributed by atoms with Crippen LogP contribution in [0.1, 0.15) is 40.5 Å². The number of rotatable bonds is 11. The predicted molar refractivity (Wildman–Crippen MR) is 81.2 cm³/mol. The molecule has 0 aliphatic carbocycles. The molecule has 1 atom stereocenters. The fourth-order valence-electron chi connectivity index (χ4n) is 1.81. The first-order valence-corrected chi connectivity index (χ1v) is 8.30. The van der Waals surface area contributed by atoms with Crippen molar-refractivity contribution < 1.29 is 28.5 Å². The van der Waals surface area contributed by atoms with Crippen LogP contribution in [0.3, 0.4) is 0 Å². The molecule has 0 aromatic carbocycles. The van der Waals surface area contributed by atoms with Gasteiger partial charge in [-0.25, -0.2) is 9.59 Å². The number of esters is 2. The van der Waals surface area contributed by atoms with Gasteiger partial charge >= 0.3 is 11.9 Å². The first kappa shape index (κ1) is 20.3. The van der Waals surface area contributed by atoms with Gasteiger partial charge in [0.05, 0.1) is 13.2 Å². The van der Waals surface area contributed by atoms with E-state index in [1.54, 1.807) is 27.7 Å². The predicted octanol–water partition coefficient (Wildman–Crippen LogP) is 2.43. The number of ether oxygens (including phenoxy) is 4. The first-order valence-electron chi connectivity index (χ1n) is 7.18. The lowest BCUT2D eigenvalue weighted by molar-refractivity contribution is -0.229. The first-order chi connectivity index (χ1) is 9.98. The van der Waals surface area contributed by atoms with Gasteiger partial charge in [0.15, 0.2) is 6.29 Å². The van der Waals surface area contributed by atoms with Crippen molar-refractivity contribution in [2.24, 2.45) is 0 Å². The summed E-state index contributed by atoms with van der Waals surface area (Å²) in [6.45, 7) is 7.48. The third-order valence-electron chi connectivity index (χ3n) is 2.64. The van der Waals surface area contributed by atoms with Crippen molar-refractivity contribution >= 4 is 27.9 Å². The maximum atomic E-state index is 12.3. The highest BCUT2D eigenvalue weighted by Crippen LogP contribution is 2.26. The highest BCUT2D eigenvalue weighted by molar-refractivity contribution is 9.09. The van der Waals surface area contributed by atoms with E-state index in [9.17, 15) is 9.59 Å². The van der Waals surface area contributed by atoms with Gasteiger partial charge < -0.3 is 18.9 Å². The van der Waals surface area contributed by atoms with Crippen LogP contribution >= 0.6 is 15.9 Å². The zero-order valence-corrected chi connectivity index (χ0v) is 14.7. The molecule has 0 fully saturated rings. The minimum absolute atomic E-state index is 0.153. The van der Waals surface area contributed by atoms with Gasteiger partial charge in [-0.1, -0.05) is 15.9 Å². The molecule has 6 nitrogen and oxygen atoms in total. The Morgan fingerprint density at radius 2 is 1.57 bits per heavy atom. The molecule has 0 radical (unpaired) electrons. The van der Waals surface area contributed by atoms with Crippen LogP contribution in [0, 0.1) is 0 Å². The van der Waals surface area contributed by atoms with Gasteiger partial charge in [-0.05, 0) is 40.5 Å². The monoisotopic (exact) mass is 368 g/mol. The van der Waals surface area contributed by atoms with Gasteiger partial charge in [0.1, 0.15) is 0 Å². The van der Waals surface area contributed by atoms with Crippen molar-refractivity contribution in [2.45, 2.75) is 52.4 Å². The molecular formula is C14H25BrO6. The van der Waals surface area contributed by atoms with E-state index >= 15 is 0 Å². The van der Waals surface area contributed by atoms with Crippen LogP contribution in [0.25, 0.3) is 0 Å². The summed E-state index contributed by atoms with van der Waals surface area (Å²) in [6.07, 6.45) is -0.0109. The summed E-state index contributed by atoms with van der Waals surface area (Å²) in [5.41, 5.74) is -1.78. The quantitative estimate of drug-likeness (QED) is 0.241. The third-order valence-corrected chi connectivity index (χ3v) is 3.20. The zero-order valence-electron chi connectivity index (χ0n) is 13.1. The van der Waals surface area contributed by atoms with E-state index in [1.807, 2.05) is 0 Å². The highest BCUT2D eigenvalue weighted by Gasteiger charge is 2.51. The Balaban J connectivity index is 5.37. The van der Waals surface area contributed by atoms with Crippen molar-refractivity contribution in [1.82, 2.24) is 0 Å². The average Bonchev–Trinajstić information content (AvgIpc) is 2.44. The second-order valence-electron chi connectivity index (χ2n) is 4.20. The summed E-state index contributed by atoms with van der Waals surface area (Å²) >= 11 is 3.28. The largest absolute Gasteiger partial charge is 0.463 e. The summed E-state index contributed by atoms with van der Waals surface area (Å²) in [5, 5.41) is 0.625. The van der Waals surface area contributed by atoms with E-state index in [4.69, 9.17) is 18.9 Å². The van der Waals surface area contributed by atoms with Crippen LogP contribution in [0.5, 0.6) is 0 Å². The minimum atomic E-state index is -1.78. The lowest BCUT2D eigenvalue weighted by Crippen LogP contribution is -2.53. The van der Waals surface area contributed by atoms with Gasteiger partial charge in [0.2, 0.25) is 0 Å². The summed E-state index contributed by atoms with van der Waals surface area (Å²) in [7, 11) is 0. The van der Waals surface area contributed by atoms with Crippen molar-refractivity contribution in [2.75, 3.05) is 25.2 Å². The molecule has 0 aromatic heterocycles. The highest BCUT2D eigenvalue weighted by atomic mass is 79.9. The van der Waals surface area contributed by atoms with Crippen molar-refractivity contribution in [3.63, 3.8) is 0 Å². The number of carbonyl (C=O) groups is 2. The summed E-state index contributed by atoms with van der Waals surface area (Å²) in [5.74, 6) is -1.48. The molecule has 7 heteroatoms. The van der Waals surface area contributed by atoms with Gasteiger partial charge in [-0.2, -0.15) is 0 Å². The maximum Gasteiger partial charge on any atom is 0.350 e. The molecule has 0 spiro atoms. The number of carbonyl (C=O) groups excluding carboxylic acids is 2. The fraction of sp³-hybridized carbons (Fsp3) is 0.857. The zero-order chi connectivity index (χ0) is 16.3. The second-order valence-corrected chi connectivity index (χ2v) is 4.99. The van der Waals surface area contributed by atoms with Crippen LogP contribution in [0.4, 0.5) is 0 Å². The van der Waals surface area contributed by atoms with E-state index < -0.39 is 23.8 Å². The van der Waals surface area contributed by atoms with Crippen LogP contribution in [-0.2, 0) is 28.5 Å². The lowest BCUT2D eigenvalue weighted by Gasteiger charge is -2.31. The van der Waals surface area contributed by atoms with E-state index in [-0.39, 0.29) is 19.6 Å². The molecule has 0 N–H and O–H groups in total. The Morgan fingerprint density at radius 1 is 1.05 bits per heavy atom. The molecule has 1 unspecified atom stereocenters. The van der Waals surface area contributed by atoms with Crippen molar-refractivity contribution in [3.05, 3.63) is 0 Å². The van der Waals surface area contributed by atoms with E-state index in [2.05, 4.69) is 15.9 Å². The summed E-state index contributed by atoms with van der Waals surface area (Å²) < 4.78 is 20.9. The molecule has 0 aromatic rings. The molecule has 124 valence electrons. The molecule has 0 aliphatic heterocycles. The molecule has 0 rings (SSSR count). The van der Waals surface area contributed by atoms with Gasteiger partial charge in [-0.15, -0.1) is 0 Å². The summed E-state index contributed by atoms with van der Waals surface area (Å²) in [6, 6.07) is 0. The summed E-state index contributed by atoms with van der Waals surface area (Å²) in [4.78, 5) is 24.6. The van der Waals surface area contributed by atoms with Crippen molar-refractivity contribution in [3.8, 4) is 0 Å². The SMILES string of the molecule is CCOC(=O)C(CCCBr)(OC(C)OCC)C(=O)OCC. The van der Waals surface area contributed by atoms with Crippen LogP contribution in [0.2, 0.25) is 0 Å². The number of halogens is 1. The van der Waals surface area contributed by atoms with E-state index in [0.717, 1.165) is 0 Å². The maximum absolute atomic E-state index is 12.3. The smallest absolute Gasteiger partial charge is 0.350 e. The number of hydrogen-bond acceptors (Lipinski definition) is 6. The molecule has 0 saturated carbocycles. The van der Waals surface area contributed by atoms with Crippen LogP contribution < -0.4 is 0 Å². The number of alkyl halides is 1. The molecule has 0 bridgehead atoms. The average molecular weight is 369 g/mol. The van der Waals surface area contributed by atoms with Crippen molar-refractivity contribution in [1.29, 1.82) is 0 Å². The third kappa shape index (κ3) is 6.32. The van der Waals surface area contributed by atoms with Gasteiger partial charge in [-0.3, -0.25) is 0 Å². The Labute approximate surface area is 134 Å². The molecular weight excluding hydrogens is 344 g/mol. The Hall–Kier alpha value is -0.660. The molecule has 0 heterocycles. The Bertz CT molecular complexity index is 303. The van der Waals surface area contributed by atoms with Gasteiger partial charge in [0, 0.05) is 11.9 Å². The van der Waals surface area contributed by atoms with Crippen LogP contribution in [0.15, 0.2) is 0 Å². The molecule has 0 amide bonds. The lowest BCUT2D eigenvalue weighted by atomic mass is 9.97. The molecule has 0 aliphatic rings. The second kappa shape index (κ2) is 11.0. The normalized spacial score (nSPS) is 12.8. The Kier molecular flexibility index (Phi) is 10.6. The van der Waals surface area contributed by atoms with Crippen LogP contribution in [-0.4, -0.2) is 49.0 Å². The van der Waals surface area contributed by atoms with E-state index in [1.165, 1.54) is 0 Å². The fourth-order valence-corrected chi connectivity index (χ4v) is 2.09. The molecule has 21 heavy (non-hydrogen) atoms. The number of hydrogen-bond donors (Lipinski definition) is 0. The topological polar surface area (TPSA) is 71.1 Å².